The molecule has 0 bridgehead atoms. The van der Waals surface area contributed by atoms with E-state index in [0.717, 1.165) is 19.6 Å². The largest absolute Gasteiger partial charge is 0.314 e. The first-order valence-corrected chi connectivity index (χ1v) is 7.70. The molecule has 0 radical (unpaired) electrons. The Morgan fingerprint density at radius 3 is 2.71 bits per heavy atom. The second-order valence-electron chi connectivity index (χ2n) is 5.75. The lowest BCUT2D eigenvalue weighted by Crippen LogP contribution is -2.36. The van der Waals surface area contributed by atoms with Gasteiger partial charge in [0.25, 0.3) is 0 Å². The Morgan fingerprint density at radius 2 is 2.00 bits per heavy atom. The molecule has 1 fully saturated rings. The highest BCUT2D eigenvalue weighted by atomic mass is 32.2. The summed E-state index contributed by atoms with van der Waals surface area (Å²) in [4.78, 5) is 4.82. The molecule has 1 aliphatic rings. The lowest BCUT2D eigenvalue weighted by Gasteiger charge is -2.22. The first-order valence-electron chi connectivity index (χ1n) is 6.71. The van der Waals surface area contributed by atoms with Crippen molar-refractivity contribution in [1.82, 2.24) is 15.1 Å². The summed E-state index contributed by atoms with van der Waals surface area (Å²) in [6.45, 7) is 11.8. The molecule has 3 nitrogen and oxygen atoms in total. The van der Waals surface area contributed by atoms with E-state index in [2.05, 4.69) is 54.8 Å². The molecule has 0 aromatic carbocycles. The Labute approximate surface area is 111 Å². The van der Waals surface area contributed by atoms with Crippen molar-refractivity contribution in [3.05, 3.63) is 0 Å². The van der Waals surface area contributed by atoms with Crippen molar-refractivity contribution in [3.8, 4) is 0 Å². The second kappa shape index (κ2) is 7.62. The van der Waals surface area contributed by atoms with Crippen LogP contribution in [0.1, 0.15) is 20.3 Å². The third-order valence-corrected chi connectivity index (χ3v) is 4.64. The van der Waals surface area contributed by atoms with Crippen molar-refractivity contribution in [2.75, 3.05) is 59.1 Å². The summed E-state index contributed by atoms with van der Waals surface area (Å²) in [6.07, 6.45) is 1.31. The van der Waals surface area contributed by atoms with Gasteiger partial charge in [0.15, 0.2) is 0 Å². The van der Waals surface area contributed by atoms with Gasteiger partial charge in [-0.2, -0.15) is 11.8 Å². The number of hydrogen-bond acceptors (Lipinski definition) is 4. The van der Waals surface area contributed by atoms with Gasteiger partial charge in [-0.25, -0.2) is 0 Å². The van der Waals surface area contributed by atoms with Gasteiger partial charge in [-0.3, -0.25) is 0 Å². The van der Waals surface area contributed by atoms with E-state index in [1.54, 1.807) is 0 Å². The van der Waals surface area contributed by atoms with Crippen LogP contribution in [-0.4, -0.2) is 73.7 Å². The average Bonchev–Trinajstić information content (AvgIpc) is 2.39. The number of rotatable bonds is 6. The molecule has 0 spiro atoms. The molecule has 17 heavy (non-hydrogen) atoms. The zero-order chi connectivity index (χ0) is 12.7. The highest BCUT2D eigenvalue weighted by Gasteiger charge is 2.23. The predicted octanol–water partition coefficient (Wildman–Crippen LogP) is 1.36. The molecule has 1 heterocycles. The van der Waals surface area contributed by atoms with Crippen LogP contribution in [0.3, 0.4) is 0 Å². The molecule has 0 atom stereocenters. The maximum atomic E-state index is 3.52. The first-order chi connectivity index (χ1) is 7.99. The fourth-order valence-corrected chi connectivity index (χ4v) is 3.09. The number of thioether (sulfide) groups is 1. The monoisotopic (exact) mass is 259 g/mol. The van der Waals surface area contributed by atoms with Gasteiger partial charge in [0.1, 0.15) is 0 Å². The predicted molar refractivity (Wildman–Crippen MR) is 79.0 cm³/mol. The van der Waals surface area contributed by atoms with Crippen LogP contribution in [0.15, 0.2) is 0 Å². The molecule has 0 aromatic heterocycles. The second-order valence-corrected chi connectivity index (χ2v) is 7.56. The highest BCUT2D eigenvalue weighted by molar-refractivity contribution is 8.00. The van der Waals surface area contributed by atoms with Crippen LogP contribution in [0.5, 0.6) is 0 Å². The normalized spacial score (nSPS) is 21.7. The van der Waals surface area contributed by atoms with E-state index in [-0.39, 0.29) is 0 Å². The van der Waals surface area contributed by atoms with Crippen LogP contribution in [0.25, 0.3) is 0 Å². The van der Waals surface area contributed by atoms with Crippen LogP contribution in [0.2, 0.25) is 0 Å². The van der Waals surface area contributed by atoms with Crippen molar-refractivity contribution >= 4 is 11.8 Å². The third kappa shape index (κ3) is 7.29. The van der Waals surface area contributed by atoms with Gasteiger partial charge >= 0.3 is 0 Å². The number of likely N-dealkylation sites (N-methyl/N-ethyl adjacent to an activating group) is 1. The maximum Gasteiger partial charge on any atom is 0.0116 e. The Balaban J connectivity index is 2.07. The minimum absolute atomic E-state index is 0.479. The molecule has 102 valence electrons. The Bertz CT molecular complexity index is 207. The summed E-state index contributed by atoms with van der Waals surface area (Å²) in [5.74, 6) is 1.28. The summed E-state index contributed by atoms with van der Waals surface area (Å²) >= 11 is 2.12. The summed E-state index contributed by atoms with van der Waals surface area (Å²) in [5, 5.41) is 3.52. The standard InChI is InChI=1S/C13H29N3S/c1-13(2)5-8-16(11-12-17-13)10-7-14-6-9-15(3)4/h14H,5-12H2,1-4H3. The van der Waals surface area contributed by atoms with E-state index in [1.807, 2.05) is 0 Å². The van der Waals surface area contributed by atoms with Crippen molar-refractivity contribution in [1.29, 1.82) is 0 Å². The van der Waals surface area contributed by atoms with E-state index in [4.69, 9.17) is 0 Å². The van der Waals surface area contributed by atoms with Crippen LogP contribution in [0.4, 0.5) is 0 Å². The molecule has 0 amide bonds. The van der Waals surface area contributed by atoms with E-state index in [9.17, 15) is 0 Å². The van der Waals surface area contributed by atoms with Gasteiger partial charge < -0.3 is 15.1 Å². The van der Waals surface area contributed by atoms with Gasteiger partial charge in [-0.1, -0.05) is 13.8 Å². The summed E-state index contributed by atoms with van der Waals surface area (Å²) < 4.78 is 0.479. The SMILES string of the molecule is CN(C)CCNCCN1CCSC(C)(C)CC1. The molecule has 1 N–H and O–H groups in total. The van der Waals surface area contributed by atoms with E-state index >= 15 is 0 Å². The van der Waals surface area contributed by atoms with Gasteiger partial charge in [-0.05, 0) is 27.1 Å². The molecule has 1 saturated heterocycles. The Kier molecular flexibility index (Phi) is 6.85. The summed E-state index contributed by atoms with van der Waals surface area (Å²) in [5.41, 5.74) is 0. The molecule has 0 aliphatic carbocycles. The first kappa shape index (κ1) is 15.3. The van der Waals surface area contributed by atoms with E-state index in [0.29, 0.717) is 4.75 Å². The smallest absolute Gasteiger partial charge is 0.0116 e. The fourth-order valence-electron chi connectivity index (χ4n) is 1.95. The molecule has 0 unspecified atom stereocenters. The van der Waals surface area contributed by atoms with Crippen LogP contribution in [-0.2, 0) is 0 Å². The number of hydrogen-bond donors (Lipinski definition) is 1. The molecule has 4 heteroatoms. The molecular formula is C13H29N3S. The molecule has 1 rings (SSSR count). The Morgan fingerprint density at radius 1 is 1.24 bits per heavy atom. The Hall–Kier alpha value is 0.230. The number of nitrogens with one attached hydrogen (secondary N) is 1. The minimum Gasteiger partial charge on any atom is -0.314 e. The lowest BCUT2D eigenvalue weighted by atomic mass is 10.1. The third-order valence-electron chi connectivity index (χ3n) is 3.27. The van der Waals surface area contributed by atoms with E-state index in [1.165, 1.54) is 31.8 Å². The zero-order valence-corrected chi connectivity index (χ0v) is 12.8. The van der Waals surface area contributed by atoms with Gasteiger partial charge in [0, 0.05) is 43.2 Å². The molecule has 1 aliphatic heterocycles. The lowest BCUT2D eigenvalue weighted by molar-refractivity contribution is 0.281. The minimum atomic E-state index is 0.479. The van der Waals surface area contributed by atoms with Gasteiger partial charge in [-0.15, -0.1) is 0 Å². The summed E-state index contributed by atoms with van der Waals surface area (Å²) in [6, 6.07) is 0. The van der Waals surface area contributed by atoms with Crippen LogP contribution < -0.4 is 5.32 Å². The van der Waals surface area contributed by atoms with Crippen molar-refractivity contribution in [2.24, 2.45) is 0 Å². The topological polar surface area (TPSA) is 18.5 Å². The van der Waals surface area contributed by atoms with Crippen molar-refractivity contribution in [2.45, 2.75) is 25.0 Å². The fraction of sp³-hybridized carbons (Fsp3) is 1.00. The van der Waals surface area contributed by atoms with Crippen molar-refractivity contribution in [3.63, 3.8) is 0 Å². The molecule has 0 saturated carbocycles. The zero-order valence-electron chi connectivity index (χ0n) is 12.0. The average molecular weight is 259 g/mol. The quantitative estimate of drug-likeness (QED) is 0.726. The van der Waals surface area contributed by atoms with Crippen molar-refractivity contribution < 1.29 is 0 Å². The highest BCUT2D eigenvalue weighted by Crippen LogP contribution is 2.30. The molecule has 0 aromatic rings. The van der Waals surface area contributed by atoms with E-state index < -0.39 is 0 Å². The number of nitrogens with zero attached hydrogens (tertiary/aromatic N) is 2. The summed E-state index contributed by atoms with van der Waals surface area (Å²) in [7, 11) is 4.24. The van der Waals surface area contributed by atoms with Crippen LogP contribution >= 0.6 is 11.8 Å². The molecular weight excluding hydrogens is 230 g/mol. The van der Waals surface area contributed by atoms with Crippen LogP contribution in [0, 0.1) is 0 Å². The maximum absolute atomic E-state index is 3.52. The van der Waals surface area contributed by atoms with Gasteiger partial charge in [0.2, 0.25) is 0 Å². The van der Waals surface area contributed by atoms with Gasteiger partial charge in [0.05, 0.1) is 0 Å².